The van der Waals surface area contributed by atoms with Crippen molar-refractivity contribution < 1.29 is 19.1 Å². The van der Waals surface area contributed by atoms with E-state index >= 15 is 0 Å². The van der Waals surface area contributed by atoms with Gasteiger partial charge in [0.25, 0.3) is 0 Å². The normalized spacial score (nSPS) is 19.4. The third-order valence-corrected chi connectivity index (χ3v) is 10.1. The van der Waals surface area contributed by atoms with Crippen LogP contribution in [0.5, 0.6) is 11.5 Å². The van der Waals surface area contributed by atoms with Gasteiger partial charge >= 0.3 is 0 Å². The summed E-state index contributed by atoms with van der Waals surface area (Å²) < 4.78 is 12.8. The molecule has 3 aromatic rings. The average Bonchev–Trinajstić information content (AvgIpc) is 2.97. The molecule has 1 heterocycles. The van der Waals surface area contributed by atoms with Gasteiger partial charge in [0.1, 0.15) is 6.61 Å². The maximum absolute atomic E-state index is 14.2. The summed E-state index contributed by atoms with van der Waals surface area (Å²) in [6.45, 7) is 9.52. The van der Waals surface area contributed by atoms with Crippen molar-refractivity contribution in [2.75, 3.05) is 7.11 Å². The molecule has 0 aromatic heterocycles. The largest absolute Gasteiger partial charge is 0.493 e. The van der Waals surface area contributed by atoms with E-state index in [1.165, 1.54) is 0 Å². The molecule has 3 aromatic carbocycles. The third-order valence-electron chi connectivity index (χ3n) is 9.12. The number of rotatable bonds is 7. The average molecular weight is 689 g/mol. The number of halogens is 2. The Kier molecular flexibility index (Phi) is 8.51. The summed E-state index contributed by atoms with van der Waals surface area (Å²) >= 11 is 10.1. The number of ketones is 2. The van der Waals surface area contributed by atoms with E-state index in [0.29, 0.717) is 40.4 Å². The number of hydrogen-bond acceptors (Lipinski definition) is 5. The fourth-order valence-electron chi connectivity index (χ4n) is 7.15. The number of carbonyl (C=O) groups is 2. The van der Waals surface area contributed by atoms with Crippen molar-refractivity contribution in [3.63, 3.8) is 0 Å². The van der Waals surface area contributed by atoms with Crippen LogP contribution >= 0.6 is 27.5 Å². The van der Waals surface area contributed by atoms with E-state index < -0.39 is 5.92 Å². The summed E-state index contributed by atoms with van der Waals surface area (Å²) in [6, 6.07) is 21.8. The first-order valence-electron chi connectivity index (χ1n) is 15.4. The summed E-state index contributed by atoms with van der Waals surface area (Å²) in [7, 11) is 1.61. The van der Waals surface area contributed by atoms with Gasteiger partial charge < -0.3 is 14.4 Å². The first-order chi connectivity index (χ1) is 21.4. The highest BCUT2D eigenvalue weighted by atomic mass is 79.9. The number of nitrogens with zero attached hydrogens (tertiary/aromatic N) is 1. The Morgan fingerprint density at radius 2 is 1.42 bits per heavy atom. The molecular formula is C38H39BrClNO4. The maximum Gasteiger partial charge on any atom is 0.175 e. The molecule has 234 valence electrons. The van der Waals surface area contributed by atoms with Crippen LogP contribution in [0.15, 0.2) is 93.7 Å². The van der Waals surface area contributed by atoms with E-state index in [1.54, 1.807) is 7.11 Å². The molecule has 0 N–H and O–H groups in total. The fourth-order valence-corrected chi connectivity index (χ4v) is 7.91. The van der Waals surface area contributed by atoms with Gasteiger partial charge in [0.15, 0.2) is 23.1 Å². The summed E-state index contributed by atoms with van der Waals surface area (Å²) in [5.74, 6) is 0.773. The van der Waals surface area contributed by atoms with Crippen LogP contribution in [0.2, 0.25) is 5.02 Å². The third kappa shape index (κ3) is 6.24. The minimum absolute atomic E-state index is 0.0997. The lowest BCUT2D eigenvalue weighted by molar-refractivity contribution is -0.119. The van der Waals surface area contributed by atoms with Crippen molar-refractivity contribution in [2.24, 2.45) is 10.8 Å². The zero-order valence-corrected chi connectivity index (χ0v) is 28.8. The molecule has 1 aliphatic heterocycles. The van der Waals surface area contributed by atoms with Gasteiger partial charge in [-0.05, 0) is 68.9 Å². The fraction of sp³-hybridized carbons (Fsp3) is 0.368. The van der Waals surface area contributed by atoms with Gasteiger partial charge in [-0.1, -0.05) is 87.8 Å². The Bertz CT molecular complexity index is 1690. The smallest absolute Gasteiger partial charge is 0.175 e. The maximum atomic E-state index is 14.2. The van der Waals surface area contributed by atoms with Crippen molar-refractivity contribution in [3.8, 4) is 11.5 Å². The molecule has 45 heavy (non-hydrogen) atoms. The lowest BCUT2D eigenvalue weighted by Crippen LogP contribution is -2.44. The molecule has 0 amide bonds. The topological polar surface area (TPSA) is 55.8 Å². The Morgan fingerprint density at radius 1 is 0.844 bits per heavy atom. The number of allylic oxidation sites excluding steroid dienone is 4. The molecule has 0 saturated heterocycles. The van der Waals surface area contributed by atoms with E-state index in [4.69, 9.17) is 21.1 Å². The predicted molar refractivity (Wildman–Crippen MR) is 181 cm³/mol. The quantitative estimate of drug-likeness (QED) is 0.248. The standard InChI is InChI=1S/C38H39BrClNO4/c1-37(2)17-28-34(30(42)19-37)33(25-15-26(39)36(32(16-25)44-5)45-22-24-13-9-10-14-27(24)40)35-29(18-38(3,4)20-31(35)43)41(28)21-23-11-7-6-8-12-23/h6-16,33H,17-22H2,1-5H3. The lowest BCUT2D eigenvalue weighted by Gasteiger charge is -2.49. The summed E-state index contributed by atoms with van der Waals surface area (Å²) in [5.41, 5.74) is 5.97. The first kappa shape index (κ1) is 31.6. The molecule has 0 radical (unpaired) electrons. The molecule has 0 bridgehead atoms. The van der Waals surface area contributed by atoms with Crippen molar-refractivity contribution >= 4 is 39.1 Å². The van der Waals surface area contributed by atoms with Crippen LogP contribution in [0.1, 0.15) is 76.0 Å². The van der Waals surface area contributed by atoms with E-state index in [-0.39, 0.29) is 29.0 Å². The van der Waals surface area contributed by atoms with Gasteiger partial charge in [0.05, 0.1) is 11.6 Å². The van der Waals surface area contributed by atoms with Gasteiger partial charge in [-0.3, -0.25) is 9.59 Å². The molecular weight excluding hydrogens is 650 g/mol. The summed E-state index contributed by atoms with van der Waals surface area (Å²) in [4.78, 5) is 30.8. The van der Waals surface area contributed by atoms with Gasteiger partial charge in [0, 0.05) is 58.4 Å². The van der Waals surface area contributed by atoms with E-state index in [9.17, 15) is 9.59 Å². The van der Waals surface area contributed by atoms with Crippen LogP contribution < -0.4 is 9.47 Å². The summed E-state index contributed by atoms with van der Waals surface area (Å²) in [5, 5.41) is 0.628. The number of Topliss-reactive ketones (excluding diaryl/α,β-unsaturated/α-hetero) is 2. The second-order valence-corrected chi connectivity index (χ2v) is 15.3. The number of carbonyl (C=O) groups excluding carboxylic acids is 2. The van der Waals surface area contributed by atoms with E-state index in [2.05, 4.69) is 60.7 Å². The molecule has 6 rings (SSSR count). The molecule has 0 unspecified atom stereocenters. The molecule has 3 aliphatic rings. The summed E-state index contributed by atoms with van der Waals surface area (Å²) in [6.07, 6.45) is 2.36. The van der Waals surface area contributed by atoms with Gasteiger partial charge in [0.2, 0.25) is 0 Å². The second-order valence-electron chi connectivity index (χ2n) is 14.0. The molecule has 0 fully saturated rings. The number of methoxy groups -OCH3 is 1. The molecule has 2 aliphatic carbocycles. The molecule has 0 saturated carbocycles. The Morgan fingerprint density at radius 3 is 2.00 bits per heavy atom. The zero-order chi connectivity index (χ0) is 32.1. The minimum Gasteiger partial charge on any atom is -0.493 e. The lowest BCUT2D eigenvalue weighted by atomic mass is 9.63. The van der Waals surface area contributed by atoms with Crippen LogP contribution in [-0.4, -0.2) is 23.6 Å². The van der Waals surface area contributed by atoms with Crippen LogP contribution in [0.25, 0.3) is 0 Å². The van der Waals surface area contributed by atoms with Gasteiger partial charge in [-0.25, -0.2) is 0 Å². The minimum atomic E-state index is -0.489. The Balaban J connectivity index is 1.51. The molecule has 0 spiro atoms. The van der Waals surface area contributed by atoms with Gasteiger partial charge in [-0.2, -0.15) is 0 Å². The molecule has 5 nitrogen and oxygen atoms in total. The van der Waals surface area contributed by atoms with Crippen molar-refractivity contribution in [3.05, 3.63) is 115 Å². The van der Waals surface area contributed by atoms with Crippen LogP contribution in [0.3, 0.4) is 0 Å². The highest BCUT2D eigenvalue weighted by molar-refractivity contribution is 9.10. The molecule has 0 atom stereocenters. The number of benzene rings is 3. The molecule has 7 heteroatoms. The monoisotopic (exact) mass is 687 g/mol. The SMILES string of the molecule is COc1cc(C2C3=C(CC(C)(C)CC3=O)N(Cc3ccccc3)C3=C2C(=O)CC(C)(C)C3)cc(Br)c1OCc1ccccc1Cl. The Hall–Kier alpha value is -3.35. The van der Waals surface area contributed by atoms with Crippen molar-refractivity contribution in [1.82, 2.24) is 4.90 Å². The van der Waals surface area contributed by atoms with E-state index in [0.717, 1.165) is 52.1 Å². The van der Waals surface area contributed by atoms with Crippen LogP contribution in [-0.2, 0) is 22.7 Å². The zero-order valence-electron chi connectivity index (χ0n) is 26.5. The second kappa shape index (κ2) is 12.1. The highest BCUT2D eigenvalue weighted by Gasteiger charge is 2.49. The first-order valence-corrected chi connectivity index (χ1v) is 16.6. The van der Waals surface area contributed by atoms with Crippen LogP contribution in [0.4, 0.5) is 0 Å². The highest BCUT2D eigenvalue weighted by Crippen LogP contribution is 2.56. The Labute approximate surface area is 279 Å². The van der Waals surface area contributed by atoms with Crippen molar-refractivity contribution in [1.29, 1.82) is 0 Å². The van der Waals surface area contributed by atoms with Crippen molar-refractivity contribution in [2.45, 2.75) is 72.4 Å². The van der Waals surface area contributed by atoms with Crippen LogP contribution in [0, 0.1) is 10.8 Å². The van der Waals surface area contributed by atoms with E-state index in [1.807, 2.05) is 54.6 Å². The number of ether oxygens (including phenoxy) is 2. The number of hydrogen-bond donors (Lipinski definition) is 0. The van der Waals surface area contributed by atoms with Gasteiger partial charge in [-0.15, -0.1) is 0 Å². The predicted octanol–water partition coefficient (Wildman–Crippen LogP) is 9.58.